The highest BCUT2D eigenvalue weighted by Crippen LogP contribution is 2.31. The fraction of sp³-hybridized carbons (Fsp3) is 0.812. The van der Waals surface area contributed by atoms with Crippen molar-refractivity contribution >= 4 is 11.3 Å². The van der Waals surface area contributed by atoms with E-state index in [2.05, 4.69) is 34.6 Å². The molecule has 1 saturated carbocycles. The van der Waals surface area contributed by atoms with Gasteiger partial charge in [0.25, 0.3) is 0 Å². The minimum Gasteiger partial charge on any atom is -0.381 e. The largest absolute Gasteiger partial charge is 0.381 e. The van der Waals surface area contributed by atoms with Crippen LogP contribution >= 0.6 is 11.3 Å². The maximum absolute atomic E-state index is 5.81. The molecule has 1 N–H and O–H groups in total. The maximum atomic E-state index is 5.81. The van der Waals surface area contributed by atoms with Gasteiger partial charge >= 0.3 is 0 Å². The highest BCUT2D eigenvalue weighted by Gasteiger charge is 2.35. The second-order valence-electron chi connectivity index (χ2n) is 6.84. The summed E-state index contributed by atoms with van der Waals surface area (Å²) in [6.45, 7) is 7.02. The van der Waals surface area contributed by atoms with E-state index in [0.717, 1.165) is 43.9 Å². The van der Waals surface area contributed by atoms with Crippen molar-refractivity contribution in [3.8, 4) is 0 Å². The zero-order valence-electron chi connectivity index (χ0n) is 13.2. The molecule has 2 heterocycles. The lowest BCUT2D eigenvalue weighted by Gasteiger charge is -2.40. The molecule has 3 rings (SSSR count). The van der Waals surface area contributed by atoms with Crippen molar-refractivity contribution in [1.29, 1.82) is 0 Å². The third kappa shape index (κ3) is 4.49. The lowest BCUT2D eigenvalue weighted by atomic mass is 9.81. The first kappa shape index (κ1) is 15.4. The van der Waals surface area contributed by atoms with Crippen LogP contribution in [0.2, 0.25) is 0 Å². The van der Waals surface area contributed by atoms with Crippen LogP contribution < -0.4 is 5.32 Å². The predicted octanol–water partition coefficient (Wildman–Crippen LogP) is 2.43. The third-order valence-electron chi connectivity index (χ3n) is 4.45. The van der Waals surface area contributed by atoms with Gasteiger partial charge in [-0.2, -0.15) is 0 Å². The maximum Gasteiger partial charge on any atom is 0.0897 e. The van der Waals surface area contributed by atoms with Crippen molar-refractivity contribution in [3.05, 3.63) is 16.1 Å². The molecule has 1 aromatic rings. The summed E-state index contributed by atoms with van der Waals surface area (Å²) in [4.78, 5) is 7.00. The van der Waals surface area contributed by atoms with Crippen LogP contribution in [0, 0.1) is 12.3 Å². The highest BCUT2D eigenvalue weighted by atomic mass is 32.1. The van der Waals surface area contributed by atoms with Crippen molar-refractivity contribution in [2.45, 2.75) is 45.2 Å². The van der Waals surface area contributed by atoms with E-state index in [1.165, 1.54) is 31.4 Å². The number of rotatable bonds is 7. The summed E-state index contributed by atoms with van der Waals surface area (Å²) >= 11 is 1.74. The summed E-state index contributed by atoms with van der Waals surface area (Å²) in [6.07, 6.45) is 5.17. The number of aryl methyl sites for hydroxylation is 1. The summed E-state index contributed by atoms with van der Waals surface area (Å²) in [5.74, 6) is 0. The van der Waals surface area contributed by atoms with E-state index in [1.807, 2.05) is 0 Å². The van der Waals surface area contributed by atoms with E-state index in [1.54, 1.807) is 11.3 Å². The third-order valence-corrected chi connectivity index (χ3v) is 5.27. The lowest BCUT2D eigenvalue weighted by molar-refractivity contribution is -0.0240. The van der Waals surface area contributed by atoms with Crippen LogP contribution in [-0.2, 0) is 11.3 Å². The molecular formula is C16H27N3OS. The number of hydrogen-bond donors (Lipinski definition) is 1. The predicted molar refractivity (Wildman–Crippen MR) is 86.7 cm³/mol. The number of ether oxygens (including phenoxy) is 1. The number of hydrogen-bond acceptors (Lipinski definition) is 5. The summed E-state index contributed by atoms with van der Waals surface area (Å²) in [6, 6.07) is 0.773. The highest BCUT2D eigenvalue weighted by molar-refractivity contribution is 7.09. The van der Waals surface area contributed by atoms with Gasteiger partial charge in [-0.05, 0) is 39.7 Å². The van der Waals surface area contributed by atoms with Crippen LogP contribution in [0.5, 0.6) is 0 Å². The fourth-order valence-electron chi connectivity index (χ4n) is 3.26. The second-order valence-corrected chi connectivity index (χ2v) is 7.90. The molecule has 118 valence electrons. The Labute approximate surface area is 131 Å². The van der Waals surface area contributed by atoms with Gasteiger partial charge in [0.05, 0.1) is 17.3 Å². The topological polar surface area (TPSA) is 37.4 Å². The first-order chi connectivity index (χ1) is 10.2. The summed E-state index contributed by atoms with van der Waals surface area (Å²) in [5.41, 5.74) is 1.47. The average molecular weight is 309 g/mol. The van der Waals surface area contributed by atoms with E-state index in [-0.39, 0.29) is 5.41 Å². The van der Waals surface area contributed by atoms with Gasteiger partial charge in [0, 0.05) is 43.1 Å². The molecule has 1 unspecified atom stereocenters. The molecule has 0 bridgehead atoms. The van der Waals surface area contributed by atoms with Crippen molar-refractivity contribution in [2.24, 2.45) is 5.41 Å². The first-order valence-electron chi connectivity index (χ1n) is 8.06. The minimum atomic E-state index is 0.278. The van der Waals surface area contributed by atoms with Gasteiger partial charge < -0.3 is 10.1 Å². The minimum absolute atomic E-state index is 0.278. The van der Waals surface area contributed by atoms with Crippen molar-refractivity contribution < 1.29 is 4.74 Å². The summed E-state index contributed by atoms with van der Waals surface area (Å²) < 4.78 is 5.81. The Morgan fingerprint density at radius 1 is 1.52 bits per heavy atom. The smallest absolute Gasteiger partial charge is 0.0897 e. The zero-order valence-corrected chi connectivity index (χ0v) is 14.0. The monoisotopic (exact) mass is 309 g/mol. The molecule has 1 aliphatic carbocycles. The Kier molecular flexibility index (Phi) is 4.94. The van der Waals surface area contributed by atoms with Crippen LogP contribution in [-0.4, -0.2) is 49.3 Å². The van der Waals surface area contributed by atoms with Gasteiger partial charge in [-0.15, -0.1) is 11.3 Å². The van der Waals surface area contributed by atoms with Gasteiger partial charge in [0.2, 0.25) is 0 Å². The van der Waals surface area contributed by atoms with Crippen LogP contribution in [0.25, 0.3) is 0 Å². The van der Waals surface area contributed by atoms with Crippen LogP contribution in [0.4, 0.5) is 0 Å². The average Bonchev–Trinajstić information content (AvgIpc) is 3.21. The van der Waals surface area contributed by atoms with Gasteiger partial charge in [-0.1, -0.05) is 0 Å². The zero-order chi connectivity index (χ0) is 14.7. The van der Waals surface area contributed by atoms with E-state index in [9.17, 15) is 0 Å². The Hall–Kier alpha value is -0.490. The Morgan fingerprint density at radius 2 is 2.38 bits per heavy atom. The van der Waals surface area contributed by atoms with E-state index < -0.39 is 0 Å². The van der Waals surface area contributed by atoms with Crippen LogP contribution in [0.3, 0.4) is 0 Å². The summed E-state index contributed by atoms with van der Waals surface area (Å²) in [7, 11) is 2.21. The molecular weight excluding hydrogens is 282 g/mol. The van der Waals surface area contributed by atoms with Gasteiger partial charge in [-0.25, -0.2) is 4.98 Å². The molecule has 5 heteroatoms. The van der Waals surface area contributed by atoms with E-state index in [0.29, 0.717) is 0 Å². The normalized spacial score (nSPS) is 26.4. The molecule has 0 aromatic carbocycles. The molecule has 1 saturated heterocycles. The molecule has 2 fully saturated rings. The molecule has 4 nitrogen and oxygen atoms in total. The number of aromatic nitrogens is 1. The standard InChI is InChI=1S/C16H27N3OS/c1-13-18-15(9-21-13)8-19(2)11-16(6-3-7-20-12-16)10-17-14-4-5-14/h9,14,17H,3-8,10-12H2,1-2H3. The van der Waals surface area contributed by atoms with E-state index >= 15 is 0 Å². The van der Waals surface area contributed by atoms with Crippen molar-refractivity contribution in [1.82, 2.24) is 15.2 Å². The number of nitrogens with zero attached hydrogens (tertiary/aromatic N) is 2. The molecule has 0 spiro atoms. The molecule has 1 aromatic heterocycles. The Morgan fingerprint density at radius 3 is 3.00 bits per heavy atom. The Balaban J connectivity index is 1.56. The van der Waals surface area contributed by atoms with Crippen LogP contribution in [0.1, 0.15) is 36.4 Å². The summed E-state index contributed by atoms with van der Waals surface area (Å²) in [5, 5.41) is 7.06. The molecule has 1 aliphatic heterocycles. The van der Waals surface area contributed by atoms with Gasteiger partial charge in [0.15, 0.2) is 0 Å². The van der Waals surface area contributed by atoms with Gasteiger partial charge in [0.1, 0.15) is 0 Å². The molecule has 2 aliphatic rings. The molecule has 0 amide bonds. The quantitative estimate of drug-likeness (QED) is 0.839. The SMILES string of the molecule is Cc1nc(CN(C)CC2(CNC3CC3)CCCOC2)cs1. The molecule has 1 atom stereocenters. The van der Waals surface area contributed by atoms with Crippen molar-refractivity contribution in [3.63, 3.8) is 0 Å². The Bertz CT molecular complexity index is 452. The van der Waals surface area contributed by atoms with E-state index in [4.69, 9.17) is 4.74 Å². The van der Waals surface area contributed by atoms with Crippen molar-refractivity contribution in [2.75, 3.05) is 33.4 Å². The molecule has 21 heavy (non-hydrogen) atoms. The number of thiazole rings is 1. The van der Waals surface area contributed by atoms with Crippen LogP contribution in [0.15, 0.2) is 5.38 Å². The fourth-order valence-corrected chi connectivity index (χ4v) is 3.87. The van der Waals surface area contributed by atoms with Gasteiger partial charge in [-0.3, -0.25) is 4.90 Å². The second kappa shape index (κ2) is 6.73. The lowest BCUT2D eigenvalue weighted by Crippen LogP contribution is -2.48. The first-order valence-corrected chi connectivity index (χ1v) is 8.94. The molecule has 0 radical (unpaired) electrons. The number of nitrogens with one attached hydrogen (secondary N) is 1.